The van der Waals surface area contributed by atoms with Crippen LogP contribution < -0.4 is 5.32 Å². The second-order valence-electron chi connectivity index (χ2n) is 6.44. The molecule has 3 rings (SSSR count). The minimum atomic E-state index is -2.93. The van der Waals surface area contributed by atoms with E-state index in [9.17, 15) is 13.2 Å². The first-order chi connectivity index (χ1) is 11.9. The molecule has 1 aromatic heterocycles. The van der Waals surface area contributed by atoms with Crippen LogP contribution in [0.5, 0.6) is 0 Å². The van der Waals surface area contributed by atoms with Crippen LogP contribution in [-0.4, -0.2) is 43.0 Å². The molecule has 25 heavy (non-hydrogen) atoms. The number of carbonyl (C=O) groups is 1. The Balaban J connectivity index is 1.42. The number of carbonyl (C=O) groups excluding carboxylic acids is 1. The molecule has 0 bridgehead atoms. The van der Waals surface area contributed by atoms with E-state index < -0.39 is 9.84 Å². The Morgan fingerprint density at radius 2 is 2.24 bits per heavy atom. The Labute approximate surface area is 151 Å². The number of rotatable bonds is 8. The predicted molar refractivity (Wildman–Crippen MR) is 95.1 cm³/mol. The van der Waals surface area contributed by atoms with Gasteiger partial charge in [-0.25, -0.2) is 13.4 Å². The van der Waals surface area contributed by atoms with Gasteiger partial charge in [0.25, 0.3) is 0 Å². The zero-order valence-electron chi connectivity index (χ0n) is 13.8. The van der Waals surface area contributed by atoms with Gasteiger partial charge >= 0.3 is 0 Å². The summed E-state index contributed by atoms with van der Waals surface area (Å²) in [5, 5.41) is 13.6. The molecule has 1 amide bonds. The third-order valence-electron chi connectivity index (χ3n) is 4.39. The van der Waals surface area contributed by atoms with Crippen LogP contribution in [-0.2, 0) is 21.1 Å². The molecule has 1 aromatic rings. The van der Waals surface area contributed by atoms with Crippen molar-refractivity contribution in [1.82, 2.24) is 10.3 Å². The molecule has 1 unspecified atom stereocenters. The standard InChI is InChI=1S/C16H20N4O3S2/c1-2-3-5-16(19-20-16)6-7-17-14(21)9-13-10-24-15(18-13)12-4-8-25(22,23)11-12/h1,10,12H,3-9,11H2,(H,17,21). The van der Waals surface area contributed by atoms with Crippen LogP contribution in [0.1, 0.15) is 42.3 Å². The molecule has 0 aliphatic carbocycles. The summed E-state index contributed by atoms with van der Waals surface area (Å²) in [7, 11) is -2.93. The molecule has 7 nitrogen and oxygen atoms in total. The van der Waals surface area contributed by atoms with E-state index in [0.717, 1.165) is 11.4 Å². The number of aromatic nitrogens is 1. The Kier molecular flexibility index (Phi) is 5.20. The molecular formula is C16H20N4O3S2. The van der Waals surface area contributed by atoms with Crippen molar-refractivity contribution in [3.05, 3.63) is 16.1 Å². The van der Waals surface area contributed by atoms with Gasteiger partial charge in [-0.2, -0.15) is 10.2 Å². The van der Waals surface area contributed by atoms with E-state index in [-0.39, 0.29) is 35.4 Å². The summed E-state index contributed by atoms with van der Waals surface area (Å²) >= 11 is 1.43. The summed E-state index contributed by atoms with van der Waals surface area (Å²) in [6.07, 6.45) is 8.06. The van der Waals surface area contributed by atoms with Crippen LogP contribution in [0.3, 0.4) is 0 Å². The van der Waals surface area contributed by atoms with Crippen molar-refractivity contribution >= 4 is 27.1 Å². The van der Waals surface area contributed by atoms with Gasteiger partial charge in [-0.3, -0.25) is 4.79 Å². The minimum absolute atomic E-state index is 0.0269. The molecule has 1 atom stereocenters. The van der Waals surface area contributed by atoms with Crippen LogP contribution in [0.25, 0.3) is 0 Å². The van der Waals surface area contributed by atoms with E-state index in [0.29, 0.717) is 31.5 Å². The summed E-state index contributed by atoms with van der Waals surface area (Å²) in [5.41, 5.74) is 0.297. The molecule has 3 heterocycles. The zero-order chi connectivity index (χ0) is 17.9. The number of nitrogens with one attached hydrogen (secondary N) is 1. The third kappa shape index (κ3) is 4.86. The average Bonchev–Trinajstić information content (AvgIpc) is 2.99. The van der Waals surface area contributed by atoms with Gasteiger partial charge in [0.1, 0.15) is 0 Å². The van der Waals surface area contributed by atoms with Gasteiger partial charge in [0, 0.05) is 37.1 Å². The highest BCUT2D eigenvalue weighted by atomic mass is 32.2. The van der Waals surface area contributed by atoms with Crippen molar-refractivity contribution in [3.63, 3.8) is 0 Å². The number of amides is 1. The van der Waals surface area contributed by atoms with E-state index in [1.165, 1.54) is 11.3 Å². The highest BCUT2D eigenvalue weighted by molar-refractivity contribution is 7.91. The lowest BCUT2D eigenvalue weighted by atomic mass is 10.0. The van der Waals surface area contributed by atoms with Gasteiger partial charge in [0.05, 0.1) is 28.6 Å². The number of terminal acetylenes is 1. The quantitative estimate of drug-likeness (QED) is 0.693. The number of hydrogen-bond donors (Lipinski definition) is 1. The number of sulfone groups is 1. The molecule has 0 aromatic carbocycles. The number of thiazole rings is 1. The maximum Gasteiger partial charge on any atom is 0.226 e. The fourth-order valence-electron chi connectivity index (χ4n) is 2.88. The van der Waals surface area contributed by atoms with Gasteiger partial charge < -0.3 is 5.32 Å². The van der Waals surface area contributed by atoms with E-state index in [1.807, 2.05) is 5.38 Å². The topological polar surface area (TPSA) is 101 Å². The molecule has 134 valence electrons. The molecule has 2 aliphatic rings. The van der Waals surface area contributed by atoms with Crippen molar-refractivity contribution < 1.29 is 13.2 Å². The maximum absolute atomic E-state index is 12.0. The second-order valence-corrected chi connectivity index (χ2v) is 9.56. The van der Waals surface area contributed by atoms with Crippen molar-refractivity contribution in [2.75, 3.05) is 18.1 Å². The van der Waals surface area contributed by atoms with E-state index >= 15 is 0 Å². The monoisotopic (exact) mass is 380 g/mol. The van der Waals surface area contributed by atoms with Crippen LogP contribution in [0.2, 0.25) is 0 Å². The number of nitrogens with zero attached hydrogens (tertiary/aromatic N) is 3. The normalized spacial score (nSPS) is 22.4. The number of hydrogen-bond acceptors (Lipinski definition) is 7. The lowest BCUT2D eigenvalue weighted by Crippen LogP contribution is -2.29. The summed E-state index contributed by atoms with van der Waals surface area (Å²) in [4.78, 5) is 16.5. The molecule has 0 spiro atoms. The van der Waals surface area contributed by atoms with Gasteiger partial charge in [-0.1, -0.05) is 0 Å². The van der Waals surface area contributed by atoms with E-state index in [2.05, 4.69) is 26.4 Å². The summed E-state index contributed by atoms with van der Waals surface area (Å²) in [5.74, 6) is 2.83. The van der Waals surface area contributed by atoms with Gasteiger partial charge in [0.2, 0.25) is 5.91 Å². The molecular weight excluding hydrogens is 360 g/mol. The summed E-state index contributed by atoms with van der Waals surface area (Å²) in [6, 6.07) is 0. The highest BCUT2D eigenvalue weighted by Gasteiger charge is 2.38. The second kappa shape index (κ2) is 7.22. The van der Waals surface area contributed by atoms with Gasteiger partial charge in [-0.15, -0.1) is 23.7 Å². The van der Waals surface area contributed by atoms with Crippen LogP contribution >= 0.6 is 11.3 Å². The predicted octanol–water partition coefficient (Wildman–Crippen LogP) is 1.67. The zero-order valence-corrected chi connectivity index (χ0v) is 15.4. The Bertz CT molecular complexity index is 817. The van der Waals surface area contributed by atoms with E-state index in [4.69, 9.17) is 6.42 Å². The molecule has 0 saturated carbocycles. The van der Waals surface area contributed by atoms with Crippen LogP contribution in [0.4, 0.5) is 0 Å². The fourth-order valence-corrected chi connectivity index (χ4v) is 5.69. The van der Waals surface area contributed by atoms with Gasteiger partial charge in [-0.05, 0) is 6.42 Å². The fraction of sp³-hybridized carbons (Fsp3) is 0.625. The van der Waals surface area contributed by atoms with Crippen molar-refractivity contribution in [3.8, 4) is 12.3 Å². The summed E-state index contributed by atoms with van der Waals surface area (Å²) < 4.78 is 23.1. The third-order valence-corrected chi connectivity index (χ3v) is 7.22. The SMILES string of the molecule is C#CCCC1(CCNC(=O)Cc2csc(C3CCS(=O)(=O)C3)n2)N=N1. The largest absolute Gasteiger partial charge is 0.356 e. The van der Waals surface area contributed by atoms with Gasteiger partial charge in [0.15, 0.2) is 15.5 Å². The molecule has 1 N–H and O–H groups in total. The lowest BCUT2D eigenvalue weighted by molar-refractivity contribution is -0.120. The van der Waals surface area contributed by atoms with Crippen LogP contribution in [0.15, 0.2) is 15.6 Å². The average molecular weight is 380 g/mol. The minimum Gasteiger partial charge on any atom is -0.356 e. The molecule has 1 saturated heterocycles. The first-order valence-electron chi connectivity index (χ1n) is 8.20. The van der Waals surface area contributed by atoms with Crippen molar-refractivity contribution in [2.24, 2.45) is 10.2 Å². The summed E-state index contributed by atoms with van der Waals surface area (Å²) in [6.45, 7) is 0.494. The lowest BCUT2D eigenvalue weighted by Gasteiger charge is -2.09. The molecule has 9 heteroatoms. The first kappa shape index (κ1) is 18.0. The Morgan fingerprint density at radius 3 is 2.88 bits per heavy atom. The smallest absolute Gasteiger partial charge is 0.226 e. The van der Waals surface area contributed by atoms with E-state index in [1.54, 1.807) is 0 Å². The molecule has 0 radical (unpaired) electrons. The Morgan fingerprint density at radius 1 is 1.44 bits per heavy atom. The molecule has 1 fully saturated rings. The Hall–Kier alpha value is -1.79. The maximum atomic E-state index is 12.0. The first-order valence-corrected chi connectivity index (χ1v) is 10.9. The van der Waals surface area contributed by atoms with Crippen LogP contribution in [0, 0.1) is 12.3 Å². The molecule has 2 aliphatic heterocycles. The van der Waals surface area contributed by atoms with Crippen molar-refractivity contribution in [1.29, 1.82) is 0 Å². The van der Waals surface area contributed by atoms with Crippen molar-refractivity contribution in [2.45, 2.75) is 43.7 Å². The highest BCUT2D eigenvalue weighted by Crippen LogP contribution is 2.36.